The largest absolute Gasteiger partial charge is 0.493 e. The number of aryl methyl sites for hydroxylation is 1. The molecule has 34 heavy (non-hydrogen) atoms. The summed E-state index contributed by atoms with van der Waals surface area (Å²) >= 11 is 1.18. The number of likely N-dealkylation sites (tertiary alicyclic amines) is 1. The minimum Gasteiger partial charge on any atom is -0.493 e. The summed E-state index contributed by atoms with van der Waals surface area (Å²) in [4.78, 5) is 19.5. The third-order valence-corrected chi connectivity index (χ3v) is 6.80. The fourth-order valence-corrected chi connectivity index (χ4v) is 4.80. The second-order valence-corrected chi connectivity index (χ2v) is 9.22. The molecule has 1 aromatic heterocycles. The summed E-state index contributed by atoms with van der Waals surface area (Å²) in [7, 11) is 1.57. The highest BCUT2D eigenvalue weighted by Gasteiger charge is 2.40. The van der Waals surface area contributed by atoms with Crippen molar-refractivity contribution < 1.29 is 23.7 Å². The van der Waals surface area contributed by atoms with Crippen LogP contribution in [-0.4, -0.2) is 59.4 Å². The van der Waals surface area contributed by atoms with E-state index in [4.69, 9.17) is 18.9 Å². The third kappa shape index (κ3) is 4.91. The third-order valence-electron chi connectivity index (χ3n) is 6.17. The number of carbonyl (C=O) groups excluding carboxylic acids is 1. The summed E-state index contributed by atoms with van der Waals surface area (Å²) in [5, 5.41) is 0.403. The molecule has 8 nitrogen and oxygen atoms in total. The number of aromatic nitrogens is 2. The Hall–Kier alpha value is -3.01. The van der Waals surface area contributed by atoms with Crippen LogP contribution in [0.5, 0.6) is 16.7 Å². The van der Waals surface area contributed by atoms with Crippen LogP contribution in [0.4, 0.5) is 0 Å². The van der Waals surface area contributed by atoms with Gasteiger partial charge in [-0.1, -0.05) is 29.8 Å². The van der Waals surface area contributed by atoms with Gasteiger partial charge in [-0.2, -0.15) is 9.36 Å². The van der Waals surface area contributed by atoms with E-state index in [9.17, 15) is 4.79 Å². The Labute approximate surface area is 202 Å². The summed E-state index contributed by atoms with van der Waals surface area (Å²) in [6, 6.07) is 13.5. The molecular weight excluding hydrogens is 454 g/mol. The number of amides is 1. The van der Waals surface area contributed by atoms with Crippen LogP contribution < -0.4 is 9.47 Å². The lowest BCUT2D eigenvalue weighted by atomic mass is 10.0. The highest BCUT2D eigenvalue weighted by atomic mass is 32.1. The number of methoxy groups -OCH3 is 1. The van der Waals surface area contributed by atoms with E-state index in [1.807, 2.05) is 4.90 Å². The lowest BCUT2D eigenvalue weighted by Gasteiger charge is -2.37. The second-order valence-electron chi connectivity index (χ2n) is 8.51. The molecule has 178 valence electrons. The molecule has 0 radical (unpaired) electrons. The molecule has 3 heterocycles. The van der Waals surface area contributed by atoms with Crippen LogP contribution in [0.1, 0.15) is 40.2 Å². The van der Waals surface area contributed by atoms with Crippen molar-refractivity contribution in [3.63, 3.8) is 0 Å². The predicted molar refractivity (Wildman–Crippen MR) is 127 cm³/mol. The minimum atomic E-state index is -0.515. The number of carbonyl (C=O) groups is 1. The van der Waals surface area contributed by atoms with E-state index in [0.717, 1.165) is 5.56 Å². The van der Waals surface area contributed by atoms with Gasteiger partial charge < -0.3 is 23.8 Å². The first-order valence-corrected chi connectivity index (χ1v) is 12.1. The first kappa shape index (κ1) is 22.8. The number of ether oxygens (including phenoxy) is 4. The van der Waals surface area contributed by atoms with Crippen LogP contribution >= 0.6 is 11.5 Å². The van der Waals surface area contributed by atoms with Crippen molar-refractivity contribution in [2.45, 2.75) is 32.0 Å². The van der Waals surface area contributed by atoms with Crippen LogP contribution in [0.3, 0.4) is 0 Å². The van der Waals surface area contributed by atoms with Gasteiger partial charge in [-0.05, 0) is 30.7 Å². The van der Waals surface area contributed by atoms with E-state index in [1.165, 1.54) is 17.1 Å². The van der Waals surface area contributed by atoms with Gasteiger partial charge in [0.05, 0.1) is 20.3 Å². The van der Waals surface area contributed by atoms with Crippen molar-refractivity contribution in [3.05, 3.63) is 65.0 Å². The number of benzene rings is 2. The standard InChI is InChI=1S/C25H27N3O5S/c1-17-3-5-18(6-4-17)15-22-26-24(34-27-22)33-21-16-19(7-8-20(21)30-2)23(29)28-11-9-25(10-12-28)31-13-14-32-25/h3-8,16H,9-15H2,1-2H3. The van der Waals surface area contributed by atoms with Crippen LogP contribution in [-0.2, 0) is 15.9 Å². The van der Waals surface area contributed by atoms with Crippen LogP contribution in [0.2, 0.25) is 0 Å². The Kier molecular flexibility index (Phi) is 6.49. The topological polar surface area (TPSA) is 83.0 Å². The zero-order valence-corrected chi connectivity index (χ0v) is 20.1. The average molecular weight is 482 g/mol. The molecule has 2 fully saturated rings. The molecule has 2 aromatic carbocycles. The van der Waals surface area contributed by atoms with E-state index in [0.29, 0.717) is 73.6 Å². The molecule has 2 aliphatic heterocycles. The predicted octanol–water partition coefficient (Wildman–Crippen LogP) is 4.22. The van der Waals surface area contributed by atoms with E-state index in [1.54, 1.807) is 25.3 Å². The molecule has 9 heteroatoms. The monoisotopic (exact) mass is 481 g/mol. The Bertz CT molecular complexity index is 1150. The maximum absolute atomic E-state index is 13.2. The minimum absolute atomic E-state index is 0.0577. The second kappa shape index (κ2) is 9.69. The Balaban J connectivity index is 1.27. The van der Waals surface area contributed by atoms with Gasteiger partial charge in [0.25, 0.3) is 11.1 Å². The Morgan fingerprint density at radius 3 is 2.53 bits per heavy atom. The summed E-state index contributed by atoms with van der Waals surface area (Å²) in [5.74, 6) is 1.07. The molecule has 2 saturated heterocycles. The molecule has 5 rings (SSSR count). The van der Waals surface area contributed by atoms with Crippen LogP contribution in [0.15, 0.2) is 42.5 Å². The van der Waals surface area contributed by atoms with E-state index < -0.39 is 5.79 Å². The summed E-state index contributed by atoms with van der Waals surface area (Å²) in [6.07, 6.45) is 1.97. The molecular formula is C25H27N3O5S. The number of nitrogens with zero attached hydrogens (tertiary/aromatic N) is 3. The molecule has 2 aliphatic rings. The smallest absolute Gasteiger partial charge is 0.298 e. The van der Waals surface area contributed by atoms with Gasteiger partial charge in [-0.15, -0.1) is 0 Å². The molecule has 0 saturated carbocycles. The van der Waals surface area contributed by atoms with Gasteiger partial charge in [0.1, 0.15) is 0 Å². The van der Waals surface area contributed by atoms with Crippen molar-refractivity contribution in [3.8, 4) is 16.7 Å². The van der Waals surface area contributed by atoms with Gasteiger partial charge in [0.15, 0.2) is 23.1 Å². The number of piperidine rings is 1. The first-order valence-electron chi connectivity index (χ1n) is 11.3. The van der Waals surface area contributed by atoms with Gasteiger partial charge in [0.2, 0.25) is 0 Å². The lowest BCUT2D eigenvalue weighted by molar-refractivity contribution is -0.181. The highest BCUT2D eigenvalue weighted by molar-refractivity contribution is 7.07. The van der Waals surface area contributed by atoms with Gasteiger partial charge >= 0.3 is 0 Å². The number of hydrogen-bond acceptors (Lipinski definition) is 8. The molecule has 0 unspecified atom stereocenters. The van der Waals surface area contributed by atoms with Crippen molar-refractivity contribution in [1.82, 2.24) is 14.3 Å². The Morgan fingerprint density at radius 1 is 1.09 bits per heavy atom. The first-order chi connectivity index (χ1) is 16.5. The van der Waals surface area contributed by atoms with Crippen molar-refractivity contribution in [1.29, 1.82) is 0 Å². The SMILES string of the molecule is COc1ccc(C(=O)N2CCC3(CC2)OCCO3)cc1Oc1nc(Cc2ccc(C)cc2)ns1. The van der Waals surface area contributed by atoms with Crippen molar-refractivity contribution in [2.75, 3.05) is 33.4 Å². The zero-order chi connectivity index (χ0) is 23.5. The quantitative estimate of drug-likeness (QED) is 0.521. The molecule has 0 N–H and O–H groups in total. The fourth-order valence-electron chi connectivity index (χ4n) is 4.24. The molecule has 0 atom stereocenters. The van der Waals surface area contributed by atoms with Gasteiger partial charge in [0, 0.05) is 49.4 Å². The average Bonchev–Trinajstić information content (AvgIpc) is 3.50. The van der Waals surface area contributed by atoms with E-state index in [-0.39, 0.29) is 5.91 Å². The molecule has 0 aliphatic carbocycles. The normalized spacial score (nSPS) is 17.2. The van der Waals surface area contributed by atoms with Crippen LogP contribution in [0, 0.1) is 6.92 Å². The molecule has 1 spiro atoms. The highest BCUT2D eigenvalue weighted by Crippen LogP contribution is 2.35. The zero-order valence-electron chi connectivity index (χ0n) is 19.3. The maximum atomic E-state index is 13.2. The number of hydrogen-bond donors (Lipinski definition) is 0. The number of rotatable bonds is 6. The van der Waals surface area contributed by atoms with Crippen LogP contribution in [0.25, 0.3) is 0 Å². The maximum Gasteiger partial charge on any atom is 0.298 e. The van der Waals surface area contributed by atoms with Crippen molar-refractivity contribution >= 4 is 17.4 Å². The fraction of sp³-hybridized carbons (Fsp3) is 0.400. The van der Waals surface area contributed by atoms with Crippen molar-refractivity contribution in [2.24, 2.45) is 0 Å². The summed E-state index contributed by atoms with van der Waals surface area (Å²) in [5.41, 5.74) is 2.88. The summed E-state index contributed by atoms with van der Waals surface area (Å²) in [6.45, 7) is 4.46. The lowest BCUT2D eigenvalue weighted by Crippen LogP contribution is -2.47. The summed E-state index contributed by atoms with van der Waals surface area (Å²) < 4.78 is 27.4. The molecule has 0 bridgehead atoms. The van der Waals surface area contributed by atoms with E-state index in [2.05, 4.69) is 40.5 Å². The van der Waals surface area contributed by atoms with Gasteiger partial charge in [-0.25, -0.2) is 0 Å². The Morgan fingerprint density at radius 2 is 1.82 bits per heavy atom. The van der Waals surface area contributed by atoms with E-state index >= 15 is 0 Å². The molecule has 3 aromatic rings. The van der Waals surface area contributed by atoms with Gasteiger partial charge in [-0.3, -0.25) is 4.79 Å². The molecule has 1 amide bonds.